The van der Waals surface area contributed by atoms with E-state index in [0.29, 0.717) is 12.8 Å². The van der Waals surface area contributed by atoms with Crippen LogP contribution in [-0.4, -0.2) is 18.3 Å². The molecule has 0 saturated heterocycles. The van der Waals surface area contributed by atoms with Crippen LogP contribution in [0.2, 0.25) is 0 Å². The molecule has 3 unspecified atom stereocenters. The summed E-state index contributed by atoms with van der Waals surface area (Å²) in [5.74, 6) is -3.90. The van der Waals surface area contributed by atoms with Crippen LogP contribution in [0, 0.1) is 29.2 Å². The summed E-state index contributed by atoms with van der Waals surface area (Å²) in [6.07, 6.45) is 5.76. The van der Waals surface area contributed by atoms with Gasteiger partial charge in [0.15, 0.2) is 23.1 Å². The number of aryl methyl sites for hydroxylation is 2. The zero-order chi connectivity index (χ0) is 27.2. The van der Waals surface area contributed by atoms with Gasteiger partial charge in [0.25, 0.3) is 0 Å². The normalized spacial score (nSPS) is 17.9. The standard InChI is InChI=1S/C31H32F4O3/c1-3-37-26-16-17-27(31(35)30(26)34)38-18-21-7-11-23(12-8-21)22-9-4-20(5-10-22)6-13-24-14-15-25(19(2)36)29(33)28(24)32/h4-5,7,9-11,14-17,19,21,23,36H,3,6,8,12-13,18H2,1-2H3. The monoisotopic (exact) mass is 528 g/mol. The fourth-order valence-electron chi connectivity index (χ4n) is 4.71. The number of aliphatic hydroxyl groups is 1. The van der Waals surface area contributed by atoms with Crippen LogP contribution in [-0.2, 0) is 12.8 Å². The molecule has 3 aromatic carbocycles. The van der Waals surface area contributed by atoms with Crippen LogP contribution in [0.5, 0.6) is 11.5 Å². The minimum Gasteiger partial charge on any atom is -0.491 e. The van der Waals surface area contributed by atoms with Crippen molar-refractivity contribution < 1.29 is 32.1 Å². The van der Waals surface area contributed by atoms with Gasteiger partial charge in [0.05, 0.1) is 19.3 Å². The molecular weight excluding hydrogens is 496 g/mol. The lowest BCUT2D eigenvalue weighted by atomic mass is 9.84. The van der Waals surface area contributed by atoms with E-state index in [0.717, 1.165) is 24.0 Å². The fraction of sp³-hybridized carbons (Fsp3) is 0.355. The Morgan fingerprint density at radius 3 is 2.08 bits per heavy atom. The van der Waals surface area contributed by atoms with Gasteiger partial charge in [-0.25, -0.2) is 8.78 Å². The number of allylic oxidation sites excluding steroid dienone is 1. The van der Waals surface area contributed by atoms with Gasteiger partial charge in [0, 0.05) is 17.4 Å². The van der Waals surface area contributed by atoms with E-state index in [1.807, 2.05) is 24.3 Å². The number of halogens is 4. The average molecular weight is 529 g/mol. The zero-order valence-corrected chi connectivity index (χ0v) is 21.5. The topological polar surface area (TPSA) is 38.7 Å². The Bertz CT molecular complexity index is 1270. The van der Waals surface area contributed by atoms with Crippen molar-refractivity contribution in [3.8, 4) is 11.5 Å². The van der Waals surface area contributed by atoms with Gasteiger partial charge in [-0.1, -0.05) is 48.6 Å². The summed E-state index contributed by atoms with van der Waals surface area (Å²) in [5.41, 5.74) is 2.42. The summed E-state index contributed by atoms with van der Waals surface area (Å²) < 4.78 is 67.4. The van der Waals surface area contributed by atoms with Crippen LogP contribution in [0.1, 0.15) is 61.0 Å². The van der Waals surface area contributed by atoms with Gasteiger partial charge in [-0.15, -0.1) is 0 Å². The van der Waals surface area contributed by atoms with Crippen LogP contribution in [0.3, 0.4) is 0 Å². The highest BCUT2D eigenvalue weighted by Crippen LogP contribution is 2.33. The van der Waals surface area contributed by atoms with Crippen molar-refractivity contribution in [3.63, 3.8) is 0 Å². The molecule has 1 aliphatic rings. The second-order valence-corrected chi connectivity index (χ2v) is 9.62. The largest absolute Gasteiger partial charge is 0.491 e. The predicted molar refractivity (Wildman–Crippen MR) is 138 cm³/mol. The second kappa shape index (κ2) is 12.5. The third kappa shape index (κ3) is 6.38. The number of aliphatic hydroxyl groups excluding tert-OH is 1. The molecule has 0 amide bonds. The second-order valence-electron chi connectivity index (χ2n) is 9.62. The number of rotatable bonds is 10. The number of hydrogen-bond acceptors (Lipinski definition) is 3. The molecule has 7 heteroatoms. The molecule has 0 saturated carbocycles. The van der Waals surface area contributed by atoms with Gasteiger partial charge in [-0.3, -0.25) is 0 Å². The van der Waals surface area contributed by atoms with Crippen LogP contribution >= 0.6 is 0 Å². The van der Waals surface area contributed by atoms with Gasteiger partial charge >= 0.3 is 0 Å². The van der Waals surface area contributed by atoms with Crippen molar-refractivity contribution in [1.29, 1.82) is 0 Å². The highest BCUT2D eigenvalue weighted by Gasteiger charge is 2.21. The first-order chi connectivity index (χ1) is 18.3. The van der Waals surface area contributed by atoms with E-state index in [-0.39, 0.29) is 47.7 Å². The van der Waals surface area contributed by atoms with E-state index in [2.05, 4.69) is 12.2 Å². The smallest absolute Gasteiger partial charge is 0.204 e. The van der Waals surface area contributed by atoms with E-state index in [1.54, 1.807) is 6.92 Å². The lowest BCUT2D eigenvalue weighted by molar-refractivity contribution is 0.192. The first-order valence-electron chi connectivity index (χ1n) is 12.9. The Morgan fingerprint density at radius 2 is 1.47 bits per heavy atom. The van der Waals surface area contributed by atoms with E-state index >= 15 is 0 Å². The molecular formula is C31H32F4O3. The average Bonchev–Trinajstić information content (AvgIpc) is 2.92. The van der Waals surface area contributed by atoms with Crippen molar-refractivity contribution >= 4 is 0 Å². The Morgan fingerprint density at radius 1 is 0.789 bits per heavy atom. The summed E-state index contributed by atoms with van der Waals surface area (Å²) in [5, 5.41) is 9.54. The van der Waals surface area contributed by atoms with Gasteiger partial charge < -0.3 is 14.6 Å². The quantitative estimate of drug-likeness (QED) is 0.217. The Kier molecular flexibility index (Phi) is 9.10. The van der Waals surface area contributed by atoms with Crippen LogP contribution in [0.4, 0.5) is 17.6 Å². The van der Waals surface area contributed by atoms with E-state index in [1.165, 1.54) is 31.2 Å². The molecule has 0 aliphatic heterocycles. The summed E-state index contributed by atoms with van der Waals surface area (Å²) >= 11 is 0. The van der Waals surface area contributed by atoms with Crippen molar-refractivity contribution in [3.05, 3.63) is 106 Å². The zero-order valence-electron chi connectivity index (χ0n) is 21.5. The molecule has 0 heterocycles. The number of ether oxygens (including phenoxy) is 2. The third-order valence-electron chi connectivity index (χ3n) is 6.96. The molecule has 3 nitrogen and oxygen atoms in total. The summed E-state index contributed by atoms with van der Waals surface area (Å²) in [6.45, 7) is 3.60. The molecule has 4 rings (SSSR count). The molecule has 38 heavy (non-hydrogen) atoms. The molecule has 1 aliphatic carbocycles. The van der Waals surface area contributed by atoms with Gasteiger partial charge in [0.1, 0.15) is 0 Å². The van der Waals surface area contributed by atoms with E-state index < -0.39 is 29.4 Å². The van der Waals surface area contributed by atoms with Crippen molar-refractivity contribution in [2.75, 3.05) is 13.2 Å². The predicted octanol–water partition coefficient (Wildman–Crippen LogP) is 7.61. The number of benzene rings is 3. The summed E-state index contributed by atoms with van der Waals surface area (Å²) in [6, 6.07) is 13.8. The van der Waals surface area contributed by atoms with Crippen LogP contribution in [0.25, 0.3) is 0 Å². The molecule has 202 valence electrons. The van der Waals surface area contributed by atoms with Crippen LogP contribution < -0.4 is 9.47 Å². The van der Waals surface area contributed by atoms with E-state index in [4.69, 9.17) is 9.47 Å². The molecule has 3 aromatic rings. The van der Waals surface area contributed by atoms with Gasteiger partial charge in [-0.05, 0) is 68.4 Å². The Hall–Kier alpha value is -3.32. The highest BCUT2D eigenvalue weighted by atomic mass is 19.2. The fourth-order valence-corrected chi connectivity index (χ4v) is 4.71. The van der Waals surface area contributed by atoms with Crippen molar-refractivity contribution in [2.24, 2.45) is 5.92 Å². The molecule has 0 bridgehead atoms. The molecule has 0 spiro atoms. The summed E-state index contributed by atoms with van der Waals surface area (Å²) in [7, 11) is 0. The van der Waals surface area contributed by atoms with E-state index in [9.17, 15) is 22.7 Å². The van der Waals surface area contributed by atoms with Gasteiger partial charge in [-0.2, -0.15) is 8.78 Å². The lowest BCUT2D eigenvalue weighted by Crippen LogP contribution is -2.15. The molecule has 3 atom stereocenters. The van der Waals surface area contributed by atoms with Gasteiger partial charge in [0.2, 0.25) is 11.6 Å². The first kappa shape index (κ1) is 27.7. The van der Waals surface area contributed by atoms with Crippen molar-refractivity contribution in [1.82, 2.24) is 0 Å². The molecule has 0 fully saturated rings. The van der Waals surface area contributed by atoms with Crippen LogP contribution in [0.15, 0.2) is 60.7 Å². The molecule has 0 radical (unpaired) electrons. The lowest BCUT2D eigenvalue weighted by Gasteiger charge is -2.23. The maximum atomic E-state index is 14.4. The maximum absolute atomic E-state index is 14.4. The molecule has 0 aromatic heterocycles. The SMILES string of the molecule is CCOc1ccc(OCC2C=CC(c3ccc(CCc4ccc(C(C)O)c(F)c4F)cc3)CC2)c(F)c1F. The Labute approximate surface area is 220 Å². The highest BCUT2D eigenvalue weighted by molar-refractivity contribution is 5.35. The molecule has 1 N–H and O–H groups in total. The minimum atomic E-state index is -1.06. The van der Waals surface area contributed by atoms with Crippen molar-refractivity contribution in [2.45, 2.75) is 51.6 Å². The summed E-state index contributed by atoms with van der Waals surface area (Å²) in [4.78, 5) is 0. The Balaban J connectivity index is 1.30. The number of hydrogen-bond donors (Lipinski definition) is 1. The maximum Gasteiger partial charge on any atom is 0.204 e. The first-order valence-corrected chi connectivity index (χ1v) is 12.9. The minimum absolute atomic E-state index is 0.0397. The third-order valence-corrected chi connectivity index (χ3v) is 6.96.